The maximum absolute atomic E-state index is 13.0. The minimum absolute atomic E-state index is 0.0507. The average Bonchev–Trinajstić information content (AvgIpc) is 3.29. The van der Waals surface area contributed by atoms with Crippen molar-refractivity contribution in [3.8, 4) is 0 Å². The first-order chi connectivity index (χ1) is 16.1. The molecule has 3 rings (SSSR count). The van der Waals surface area contributed by atoms with Crippen molar-refractivity contribution >= 4 is 56.4 Å². The quantitative estimate of drug-likeness (QED) is 0.125. The Hall–Kier alpha value is -3.51. The third kappa shape index (κ3) is 5.43. The number of thiazole rings is 1. The average molecular weight is 535 g/mol. The molecule has 2 saturated heterocycles. The summed E-state index contributed by atoms with van der Waals surface area (Å²) in [5, 5.41) is 16.5. The highest BCUT2D eigenvalue weighted by Gasteiger charge is 2.55. The highest BCUT2D eigenvalue weighted by Crippen LogP contribution is 2.26. The second-order valence-corrected chi connectivity index (χ2v) is 10.3. The Kier molecular flexibility index (Phi) is 6.91. The van der Waals surface area contributed by atoms with E-state index >= 15 is 0 Å². The Bertz CT molecular complexity index is 1200. The van der Waals surface area contributed by atoms with Gasteiger partial charge in [0.1, 0.15) is 17.8 Å². The molecule has 18 heteroatoms. The molecule has 0 aromatic carbocycles. The van der Waals surface area contributed by atoms with Gasteiger partial charge in [-0.2, -0.15) is 8.42 Å². The van der Waals surface area contributed by atoms with Crippen molar-refractivity contribution in [2.75, 3.05) is 18.8 Å². The molecule has 5 N–H and O–H groups in total. The number of β-lactam (4-membered cyclic amide) rings is 1. The first-order valence-electron chi connectivity index (χ1n) is 9.90. The van der Waals surface area contributed by atoms with Gasteiger partial charge < -0.3 is 30.6 Å². The highest BCUT2D eigenvalue weighted by atomic mass is 32.2. The fraction of sp³-hybridized carbons (Fsp3) is 0.529. The Labute approximate surface area is 202 Å². The lowest BCUT2D eigenvalue weighted by atomic mass is 9.97. The summed E-state index contributed by atoms with van der Waals surface area (Å²) in [6.45, 7) is 3.67. The van der Waals surface area contributed by atoms with Gasteiger partial charge in [-0.05, 0) is 20.8 Å². The summed E-state index contributed by atoms with van der Waals surface area (Å²) in [5.41, 5.74) is 3.11. The molecule has 0 aliphatic carbocycles. The summed E-state index contributed by atoms with van der Waals surface area (Å²) in [4.78, 5) is 58.8. The first-order valence-corrected chi connectivity index (χ1v) is 12.2. The minimum atomic E-state index is -5.01. The van der Waals surface area contributed by atoms with E-state index in [1.807, 2.05) is 0 Å². The van der Waals surface area contributed by atoms with Gasteiger partial charge in [0, 0.05) is 11.9 Å². The van der Waals surface area contributed by atoms with Gasteiger partial charge in [0.15, 0.2) is 10.8 Å². The molecule has 2 aliphatic heterocycles. The Morgan fingerprint density at radius 2 is 2.09 bits per heavy atom. The van der Waals surface area contributed by atoms with Gasteiger partial charge in [-0.25, -0.2) is 18.9 Å². The number of aliphatic carboxylic acids is 1. The van der Waals surface area contributed by atoms with Crippen molar-refractivity contribution < 1.29 is 46.8 Å². The number of oxime groups is 1. The number of aromatic nitrogens is 1. The molecule has 2 fully saturated rings. The van der Waals surface area contributed by atoms with E-state index in [-0.39, 0.29) is 28.2 Å². The van der Waals surface area contributed by atoms with Crippen molar-refractivity contribution in [2.45, 2.75) is 44.6 Å². The van der Waals surface area contributed by atoms with Crippen LogP contribution in [0.5, 0.6) is 0 Å². The molecule has 0 unspecified atom stereocenters. The van der Waals surface area contributed by atoms with Gasteiger partial charge >= 0.3 is 22.4 Å². The molecule has 192 valence electrons. The number of nitrogen functional groups attached to an aromatic ring is 1. The van der Waals surface area contributed by atoms with E-state index in [2.05, 4.69) is 15.5 Å². The molecule has 35 heavy (non-hydrogen) atoms. The van der Waals surface area contributed by atoms with Crippen LogP contribution in [-0.4, -0.2) is 98.7 Å². The number of rotatable bonds is 9. The van der Waals surface area contributed by atoms with E-state index in [4.69, 9.17) is 15.3 Å². The van der Waals surface area contributed by atoms with E-state index in [9.17, 15) is 37.3 Å². The number of hydrogen-bond donors (Lipinski definition) is 4. The number of nitrogens with one attached hydrogen (secondary N) is 1. The molecule has 0 bridgehead atoms. The zero-order chi connectivity index (χ0) is 26.3. The van der Waals surface area contributed by atoms with Crippen molar-refractivity contribution in [3.05, 3.63) is 11.1 Å². The van der Waals surface area contributed by atoms with Crippen molar-refractivity contribution in [1.82, 2.24) is 19.5 Å². The predicted octanol–water partition coefficient (Wildman–Crippen LogP) is -1.35. The normalized spacial score (nSPS) is 23.1. The summed E-state index contributed by atoms with van der Waals surface area (Å²) in [6.07, 6.45) is -1.25. The number of carboxylic acids is 1. The third-order valence-electron chi connectivity index (χ3n) is 5.01. The molecule has 3 heterocycles. The maximum Gasteiger partial charge on any atom is 0.410 e. The van der Waals surface area contributed by atoms with E-state index in [0.717, 1.165) is 16.2 Å². The van der Waals surface area contributed by atoms with Crippen LogP contribution in [0.15, 0.2) is 10.5 Å². The fourth-order valence-corrected chi connectivity index (χ4v) is 4.61. The van der Waals surface area contributed by atoms with Crippen LogP contribution >= 0.6 is 11.3 Å². The van der Waals surface area contributed by atoms with E-state index in [0.29, 0.717) is 0 Å². The number of carbonyl (C=O) groups is 4. The van der Waals surface area contributed by atoms with Crippen molar-refractivity contribution in [2.24, 2.45) is 5.16 Å². The van der Waals surface area contributed by atoms with E-state index in [1.54, 1.807) is 6.92 Å². The fourth-order valence-electron chi connectivity index (χ4n) is 3.19. The number of carbonyl (C=O) groups excluding carboxylic acids is 3. The summed E-state index contributed by atoms with van der Waals surface area (Å²) in [7, 11) is -5.01. The Morgan fingerprint density at radius 1 is 1.43 bits per heavy atom. The number of hydrogen-bond acceptors (Lipinski definition) is 12. The second kappa shape index (κ2) is 9.27. The predicted molar refractivity (Wildman–Crippen MR) is 117 cm³/mol. The second-order valence-electron chi connectivity index (χ2n) is 8.15. The number of carboxylic acid groups (broad SMARTS) is 1. The molecule has 1 aromatic heterocycles. The SMILES string of the molecule is C[C@@H]1CN(C[C@H]2[C@H](NC(=O)C(=NOC(C)(C)C(=O)O)c3csc(N)n3)C(=O)N2S(=O)(=O)O)C(=O)O1. The summed E-state index contributed by atoms with van der Waals surface area (Å²) in [5.74, 6) is -3.63. The lowest BCUT2D eigenvalue weighted by molar-refractivity contribution is -0.161. The van der Waals surface area contributed by atoms with Gasteiger partial charge in [-0.1, -0.05) is 5.16 Å². The smallest absolute Gasteiger partial charge is 0.410 e. The van der Waals surface area contributed by atoms with Crippen LogP contribution in [0.3, 0.4) is 0 Å². The summed E-state index contributed by atoms with van der Waals surface area (Å²) in [6, 6.07) is -2.86. The Morgan fingerprint density at radius 3 is 2.57 bits per heavy atom. The molecule has 3 amide bonds. The number of anilines is 1. The number of nitrogens with zero attached hydrogens (tertiary/aromatic N) is 4. The lowest BCUT2D eigenvalue weighted by Gasteiger charge is -2.45. The minimum Gasteiger partial charge on any atom is -0.478 e. The van der Waals surface area contributed by atoms with Crippen LogP contribution in [0.4, 0.5) is 9.93 Å². The Balaban J connectivity index is 1.87. The van der Waals surface area contributed by atoms with Gasteiger partial charge in [0.2, 0.25) is 5.60 Å². The topological polar surface area (TPSA) is 231 Å². The van der Waals surface area contributed by atoms with Gasteiger partial charge in [-0.3, -0.25) is 14.1 Å². The molecular formula is C17H22N6O10S2. The number of amides is 3. The van der Waals surface area contributed by atoms with Crippen LogP contribution in [0, 0.1) is 0 Å². The molecular weight excluding hydrogens is 512 g/mol. The van der Waals surface area contributed by atoms with Crippen molar-refractivity contribution in [3.63, 3.8) is 0 Å². The van der Waals surface area contributed by atoms with E-state index < -0.39 is 63.7 Å². The first kappa shape index (κ1) is 26.1. The number of nitrogens with two attached hydrogens (primary N) is 1. The van der Waals surface area contributed by atoms with Gasteiger partial charge in [0.25, 0.3) is 11.8 Å². The monoisotopic (exact) mass is 534 g/mol. The van der Waals surface area contributed by atoms with Gasteiger partial charge in [0.05, 0.1) is 12.6 Å². The molecule has 0 radical (unpaired) electrons. The van der Waals surface area contributed by atoms with Gasteiger partial charge in [-0.15, -0.1) is 11.3 Å². The van der Waals surface area contributed by atoms with Crippen LogP contribution in [0.25, 0.3) is 0 Å². The molecule has 3 atom stereocenters. The van der Waals surface area contributed by atoms with E-state index in [1.165, 1.54) is 19.2 Å². The standard InChI is InChI=1S/C17H22N6O10S2/c1-7-4-22(16(28)32-7)5-9-11(13(25)23(9)35(29,30)31)20-12(24)10(8-6-34-15(18)19-8)21-33-17(2,3)14(26)27/h6-7,9,11H,4-5H2,1-3H3,(H2,18,19)(H,20,24)(H,26,27)(H,29,30,31)/t7-,9+,11+/m1/s1. The third-order valence-corrected chi connectivity index (χ3v) is 6.63. The number of cyclic esters (lactones) is 1. The maximum atomic E-state index is 13.0. The van der Waals surface area contributed by atoms with Crippen molar-refractivity contribution in [1.29, 1.82) is 0 Å². The number of ether oxygens (including phenoxy) is 1. The molecule has 0 spiro atoms. The molecule has 2 aliphatic rings. The lowest BCUT2D eigenvalue weighted by Crippen LogP contribution is -2.74. The zero-order valence-electron chi connectivity index (χ0n) is 18.6. The largest absolute Gasteiger partial charge is 0.478 e. The molecule has 1 aromatic rings. The highest BCUT2D eigenvalue weighted by molar-refractivity contribution is 7.84. The summed E-state index contributed by atoms with van der Waals surface area (Å²) >= 11 is 0.943. The molecule has 16 nitrogen and oxygen atoms in total. The van der Waals surface area contributed by atoms with Crippen LogP contribution < -0.4 is 11.1 Å². The van der Waals surface area contributed by atoms with Crippen LogP contribution in [0.2, 0.25) is 0 Å². The molecule has 0 saturated carbocycles. The summed E-state index contributed by atoms with van der Waals surface area (Å²) < 4.78 is 38.0. The van der Waals surface area contributed by atoms with Crippen LogP contribution in [-0.2, 0) is 34.3 Å². The zero-order valence-corrected chi connectivity index (χ0v) is 20.2. The van der Waals surface area contributed by atoms with Crippen LogP contribution in [0.1, 0.15) is 26.5 Å².